The van der Waals surface area contributed by atoms with Crippen LogP contribution in [0.15, 0.2) is 12.7 Å². The van der Waals surface area contributed by atoms with Crippen molar-refractivity contribution in [3.05, 3.63) is 12.7 Å². The Morgan fingerprint density at radius 2 is 1.47 bits per heavy atom. The third kappa shape index (κ3) is 7.19. The van der Waals surface area contributed by atoms with Gasteiger partial charge in [0.1, 0.15) is 0 Å². The van der Waals surface area contributed by atoms with Crippen LogP contribution in [0.25, 0.3) is 0 Å². The fraction of sp³-hybridized carbons (Fsp3) is 0.692. The Labute approximate surface area is 171 Å². The van der Waals surface area contributed by atoms with Gasteiger partial charge in [-0.15, -0.1) is 0 Å². The van der Waals surface area contributed by atoms with E-state index in [1.165, 1.54) is 0 Å². The van der Waals surface area contributed by atoms with Crippen LogP contribution in [0.2, 0.25) is 0 Å². The number of alkyl halides is 10. The molecule has 0 amide bonds. The Bertz CT molecular complexity index is 805. The molecule has 0 bridgehead atoms. The Morgan fingerprint density at radius 1 is 0.969 bits per heavy atom. The van der Waals surface area contributed by atoms with Crippen LogP contribution < -0.4 is 0 Å². The molecular weight excluding hydrogens is 506 g/mol. The first-order valence-electron chi connectivity index (χ1n) is 7.57. The minimum atomic E-state index is -6.67. The van der Waals surface area contributed by atoms with Crippen LogP contribution in [0.5, 0.6) is 0 Å². The van der Waals surface area contributed by atoms with E-state index in [2.05, 4.69) is 20.8 Å². The summed E-state index contributed by atoms with van der Waals surface area (Å²) in [5, 5.41) is -6.08. The Kier molecular flexibility index (Phi) is 9.12. The molecule has 0 aromatic carbocycles. The van der Waals surface area contributed by atoms with Crippen LogP contribution in [-0.4, -0.2) is 67.4 Å². The van der Waals surface area contributed by atoms with Gasteiger partial charge in [-0.05, 0) is 6.42 Å². The standard InChI is InChI=1S/C13H12F10O8S/c1-2-7(24)31-11(12(19,20)21,8(25)29-6-10(16,17)18)30-5-3-4-9(14,15)13(22,23)32(26,27)28/h2H,1,3-6H2,(H,26,27,28). The summed E-state index contributed by atoms with van der Waals surface area (Å²) in [6, 6.07) is 0. The number of rotatable bonds is 11. The second kappa shape index (κ2) is 9.77. The Morgan fingerprint density at radius 3 is 1.84 bits per heavy atom. The van der Waals surface area contributed by atoms with Gasteiger partial charge in [-0.25, -0.2) is 9.59 Å². The number of halogens is 10. The first-order chi connectivity index (χ1) is 14.0. The summed E-state index contributed by atoms with van der Waals surface area (Å²) in [6.45, 7) is -1.80. The first kappa shape index (κ1) is 29.9. The van der Waals surface area contributed by atoms with Crippen LogP contribution >= 0.6 is 0 Å². The number of carbonyl (C=O) groups is 2. The van der Waals surface area contributed by atoms with E-state index in [9.17, 15) is 61.9 Å². The van der Waals surface area contributed by atoms with Crippen LogP contribution in [0.1, 0.15) is 12.8 Å². The summed E-state index contributed by atoms with van der Waals surface area (Å²) in [7, 11) is -6.67. The van der Waals surface area contributed by atoms with Crippen molar-refractivity contribution in [2.24, 2.45) is 0 Å². The van der Waals surface area contributed by atoms with Gasteiger partial charge in [0, 0.05) is 12.5 Å². The average Bonchev–Trinajstić information content (AvgIpc) is 2.59. The summed E-state index contributed by atoms with van der Waals surface area (Å²) in [6.07, 6.45) is -15.4. The highest BCUT2D eigenvalue weighted by molar-refractivity contribution is 7.87. The maximum atomic E-state index is 13.3. The van der Waals surface area contributed by atoms with E-state index in [-0.39, 0.29) is 6.08 Å². The third-order valence-corrected chi connectivity index (χ3v) is 4.06. The van der Waals surface area contributed by atoms with E-state index in [0.717, 1.165) is 0 Å². The normalized spacial score (nSPS) is 15.6. The van der Waals surface area contributed by atoms with Crippen LogP contribution in [0.4, 0.5) is 43.9 Å². The van der Waals surface area contributed by atoms with Crippen molar-refractivity contribution in [1.82, 2.24) is 0 Å². The van der Waals surface area contributed by atoms with E-state index < -0.39 is 77.4 Å². The van der Waals surface area contributed by atoms with Gasteiger partial charge in [0.05, 0.1) is 6.61 Å². The van der Waals surface area contributed by atoms with Crippen molar-refractivity contribution in [1.29, 1.82) is 0 Å². The smallest absolute Gasteiger partial charge is 0.451 e. The number of carbonyl (C=O) groups excluding carboxylic acids is 2. The summed E-state index contributed by atoms with van der Waals surface area (Å²) in [5.74, 6) is -15.6. The molecule has 0 fully saturated rings. The van der Waals surface area contributed by atoms with E-state index >= 15 is 0 Å². The molecule has 0 aromatic rings. The number of esters is 2. The van der Waals surface area contributed by atoms with Crippen molar-refractivity contribution in [2.75, 3.05) is 13.2 Å². The summed E-state index contributed by atoms with van der Waals surface area (Å²) in [4.78, 5) is 22.8. The highest BCUT2D eigenvalue weighted by atomic mass is 32.2. The van der Waals surface area contributed by atoms with E-state index in [1.807, 2.05) is 0 Å². The van der Waals surface area contributed by atoms with Gasteiger partial charge in [-0.3, -0.25) is 4.55 Å². The lowest BCUT2D eigenvalue weighted by atomic mass is 10.2. The maximum Gasteiger partial charge on any atom is 0.468 e. The second-order valence-corrected chi connectivity index (χ2v) is 7.04. The molecule has 188 valence electrons. The van der Waals surface area contributed by atoms with Gasteiger partial charge < -0.3 is 14.2 Å². The highest BCUT2D eigenvalue weighted by Gasteiger charge is 2.68. The maximum absolute atomic E-state index is 13.3. The molecule has 1 unspecified atom stereocenters. The van der Waals surface area contributed by atoms with E-state index in [4.69, 9.17) is 4.55 Å². The van der Waals surface area contributed by atoms with Crippen LogP contribution in [-0.2, 0) is 33.9 Å². The highest BCUT2D eigenvalue weighted by Crippen LogP contribution is 2.42. The number of hydrogen-bond donors (Lipinski definition) is 1. The molecule has 0 spiro atoms. The lowest BCUT2D eigenvalue weighted by Gasteiger charge is -2.32. The zero-order chi connectivity index (χ0) is 25.8. The molecule has 0 aromatic heterocycles. The molecule has 0 aliphatic heterocycles. The largest absolute Gasteiger partial charge is 0.468 e. The Balaban J connectivity index is 5.74. The topological polar surface area (TPSA) is 116 Å². The molecule has 19 heteroatoms. The predicted octanol–water partition coefficient (Wildman–Crippen LogP) is 2.99. The minimum Gasteiger partial charge on any atom is -0.451 e. The van der Waals surface area contributed by atoms with Gasteiger partial charge >= 0.3 is 51.4 Å². The molecule has 32 heavy (non-hydrogen) atoms. The quantitative estimate of drug-likeness (QED) is 0.111. The van der Waals surface area contributed by atoms with Gasteiger partial charge in [0.2, 0.25) is 0 Å². The predicted molar refractivity (Wildman–Crippen MR) is 78.7 cm³/mol. The Hall–Kier alpha value is -2.15. The van der Waals surface area contributed by atoms with Crippen molar-refractivity contribution in [3.63, 3.8) is 0 Å². The van der Waals surface area contributed by atoms with Crippen LogP contribution in [0.3, 0.4) is 0 Å². The molecule has 0 heterocycles. The third-order valence-electron chi connectivity index (χ3n) is 3.11. The zero-order valence-electron chi connectivity index (χ0n) is 15.1. The monoisotopic (exact) mass is 518 g/mol. The summed E-state index contributed by atoms with van der Waals surface area (Å²) >= 11 is 0. The lowest BCUT2D eigenvalue weighted by Crippen LogP contribution is -2.58. The lowest BCUT2D eigenvalue weighted by molar-refractivity contribution is -0.356. The number of hydrogen-bond acceptors (Lipinski definition) is 7. The van der Waals surface area contributed by atoms with Crippen molar-refractivity contribution in [2.45, 2.75) is 42.2 Å². The molecular formula is C13H12F10O8S. The molecule has 1 atom stereocenters. The summed E-state index contributed by atoms with van der Waals surface area (Å²) < 4.78 is 169. The SMILES string of the molecule is C=CC(=O)OC(OCCCC(F)(F)C(F)(F)S(=O)(=O)O)(C(=O)OCC(F)(F)F)C(F)(F)F. The van der Waals surface area contributed by atoms with Crippen LogP contribution in [0, 0.1) is 0 Å². The molecule has 0 aliphatic carbocycles. The molecule has 0 saturated carbocycles. The van der Waals surface area contributed by atoms with Gasteiger partial charge in [0.15, 0.2) is 6.61 Å². The van der Waals surface area contributed by atoms with Gasteiger partial charge in [-0.2, -0.15) is 52.3 Å². The van der Waals surface area contributed by atoms with Crippen molar-refractivity contribution >= 4 is 22.1 Å². The molecule has 0 saturated heterocycles. The van der Waals surface area contributed by atoms with Gasteiger partial charge in [-0.1, -0.05) is 6.58 Å². The molecule has 8 nitrogen and oxygen atoms in total. The van der Waals surface area contributed by atoms with Crippen molar-refractivity contribution in [3.8, 4) is 0 Å². The van der Waals surface area contributed by atoms with Crippen molar-refractivity contribution < 1.29 is 80.7 Å². The molecule has 1 N–H and O–H groups in total. The molecule has 0 aliphatic rings. The van der Waals surface area contributed by atoms with Gasteiger partial charge in [0.25, 0.3) is 0 Å². The minimum absolute atomic E-state index is 0.00169. The molecule has 0 radical (unpaired) electrons. The zero-order valence-corrected chi connectivity index (χ0v) is 15.9. The van der Waals surface area contributed by atoms with E-state index in [1.54, 1.807) is 0 Å². The first-order valence-corrected chi connectivity index (χ1v) is 9.01. The fourth-order valence-corrected chi connectivity index (χ4v) is 2.13. The molecule has 0 rings (SSSR count). The van der Waals surface area contributed by atoms with E-state index in [0.29, 0.717) is 0 Å². The fourth-order valence-electron chi connectivity index (χ4n) is 1.66. The number of ether oxygens (including phenoxy) is 3. The second-order valence-electron chi connectivity index (χ2n) is 5.58. The summed E-state index contributed by atoms with van der Waals surface area (Å²) in [5.41, 5.74) is 0. The average molecular weight is 518 g/mol.